The molecule has 6 nitrogen and oxygen atoms in total. The predicted molar refractivity (Wildman–Crippen MR) is 132 cm³/mol. The number of esters is 1. The minimum absolute atomic E-state index is 0.237. The second-order valence-corrected chi connectivity index (χ2v) is 10.3. The van der Waals surface area contributed by atoms with Crippen LogP contribution in [0.5, 0.6) is 0 Å². The first-order valence-electron chi connectivity index (χ1n) is 12.5. The average molecular weight is 486 g/mol. The zero-order chi connectivity index (χ0) is 24.9. The predicted octanol–water partition coefficient (Wildman–Crippen LogP) is 5.14. The van der Waals surface area contributed by atoms with Gasteiger partial charge in [-0.15, -0.1) is 0 Å². The summed E-state index contributed by atoms with van der Waals surface area (Å²) in [4.78, 5) is 29.8. The highest BCUT2D eigenvalue weighted by atomic mass is 19.1. The molecular formula is C29H28FN3O3. The maximum atomic E-state index is 13.5. The SMILES string of the molecule is COC(=O)c1cccnc1CCC1(C=O)CCC2=Cc3c(cnn3-c3ccc(F)cc3)CC21C1CC1. The third-order valence-corrected chi connectivity index (χ3v) is 8.64. The fourth-order valence-electron chi connectivity index (χ4n) is 6.78. The van der Waals surface area contributed by atoms with Crippen LogP contribution in [0.4, 0.5) is 4.39 Å². The van der Waals surface area contributed by atoms with Crippen LogP contribution in [0.15, 0.2) is 54.4 Å². The lowest BCUT2D eigenvalue weighted by atomic mass is 9.56. The number of carbonyl (C=O) groups excluding carboxylic acids is 2. The molecule has 7 heteroatoms. The van der Waals surface area contributed by atoms with Gasteiger partial charge in [-0.05, 0) is 98.9 Å². The summed E-state index contributed by atoms with van der Waals surface area (Å²) in [7, 11) is 1.37. The highest BCUT2D eigenvalue weighted by Gasteiger charge is 2.64. The maximum Gasteiger partial charge on any atom is 0.339 e. The van der Waals surface area contributed by atoms with Gasteiger partial charge in [0.25, 0.3) is 0 Å². The van der Waals surface area contributed by atoms with E-state index in [-0.39, 0.29) is 11.2 Å². The van der Waals surface area contributed by atoms with Gasteiger partial charge in [0.2, 0.25) is 0 Å². The average Bonchev–Trinajstić information content (AvgIpc) is 3.62. The van der Waals surface area contributed by atoms with Crippen molar-refractivity contribution in [3.63, 3.8) is 0 Å². The minimum Gasteiger partial charge on any atom is -0.465 e. The monoisotopic (exact) mass is 485 g/mol. The molecule has 0 bridgehead atoms. The molecule has 0 amide bonds. The standard InChI is InChI=1S/C29H28FN3O3/c1-36-27(35)24-3-2-14-31-25(24)11-13-28(18-34)12-10-21-15-26-19(16-29(21,28)20-4-5-20)17-32-33(26)23-8-6-22(30)7-9-23/h2-3,6-9,14-15,17-18,20H,4-5,10-13,16H2,1H3. The van der Waals surface area contributed by atoms with Gasteiger partial charge >= 0.3 is 5.97 Å². The molecule has 2 fully saturated rings. The van der Waals surface area contributed by atoms with Crippen molar-refractivity contribution in [1.29, 1.82) is 0 Å². The number of methoxy groups -OCH3 is 1. The highest BCUT2D eigenvalue weighted by molar-refractivity contribution is 5.90. The van der Waals surface area contributed by atoms with Gasteiger partial charge in [0.15, 0.2) is 0 Å². The molecule has 2 saturated carbocycles. The molecular weight excluding hydrogens is 457 g/mol. The lowest BCUT2D eigenvalue weighted by Crippen LogP contribution is -2.45. The zero-order valence-electron chi connectivity index (χ0n) is 20.2. The fraction of sp³-hybridized carbons (Fsp3) is 0.379. The van der Waals surface area contributed by atoms with E-state index in [9.17, 15) is 14.0 Å². The van der Waals surface area contributed by atoms with Crippen molar-refractivity contribution in [2.24, 2.45) is 16.7 Å². The van der Waals surface area contributed by atoms with Crippen molar-refractivity contribution in [2.75, 3.05) is 7.11 Å². The Bertz CT molecular complexity index is 1370. The molecule has 0 N–H and O–H groups in total. The molecule has 0 aliphatic heterocycles. The van der Waals surface area contributed by atoms with Crippen molar-refractivity contribution in [3.05, 3.63) is 82.7 Å². The Balaban J connectivity index is 1.37. The number of halogens is 1. The Labute approximate surface area is 209 Å². The summed E-state index contributed by atoms with van der Waals surface area (Å²) >= 11 is 0. The Morgan fingerprint density at radius 3 is 2.78 bits per heavy atom. The fourth-order valence-corrected chi connectivity index (χ4v) is 6.78. The summed E-state index contributed by atoms with van der Waals surface area (Å²) in [6.07, 6.45) is 12.8. The molecule has 36 heavy (non-hydrogen) atoms. The van der Waals surface area contributed by atoms with Crippen LogP contribution in [0.1, 0.15) is 59.4 Å². The maximum absolute atomic E-state index is 13.5. The number of carbonyl (C=O) groups is 2. The molecule has 6 rings (SSSR count). The summed E-state index contributed by atoms with van der Waals surface area (Å²) in [6, 6.07) is 9.83. The van der Waals surface area contributed by atoms with Gasteiger partial charge in [-0.3, -0.25) is 4.98 Å². The zero-order valence-corrected chi connectivity index (χ0v) is 20.2. The normalized spacial score (nSPS) is 24.6. The Morgan fingerprint density at radius 1 is 1.25 bits per heavy atom. The number of rotatable bonds is 7. The molecule has 0 spiro atoms. The quantitative estimate of drug-likeness (QED) is 0.342. The lowest BCUT2D eigenvalue weighted by Gasteiger charge is -2.46. The molecule has 3 aliphatic rings. The number of aryl methyl sites for hydroxylation is 1. The van der Waals surface area contributed by atoms with Gasteiger partial charge in [0.1, 0.15) is 12.1 Å². The number of benzene rings is 1. The van der Waals surface area contributed by atoms with Crippen LogP contribution in [-0.4, -0.2) is 34.1 Å². The molecule has 0 radical (unpaired) electrons. The molecule has 2 unspecified atom stereocenters. The second kappa shape index (κ2) is 8.50. The highest BCUT2D eigenvalue weighted by Crippen LogP contribution is 2.69. The number of fused-ring (bicyclic) bond motifs is 2. The van der Waals surface area contributed by atoms with Crippen LogP contribution in [0, 0.1) is 22.6 Å². The molecule has 2 atom stereocenters. The number of aldehydes is 1. The molecule has 3 aromatic rings. The van der Waals surface area contributed by atoms with Crippen molar-refractivity contribution in [2.45, 2.75) is 44.9 Å². The number of allylic oxidation sites excluding steroid dienone is 1. The number of nitrogens with zero attached hydrogens (tertiary/aromatic N) is 3. The van der Waals surface area contributed by atoms with Crippen LogP contribution in [-0.2, 0) is 22.4 Å². The van der Waals surface area contributed by atoms with E-state index >= 15 is 0 Å². The van der Waals surface area contributed by atoms with Gasteiger partial charge in [-0.2, -0.15) is 5.10 Å². The third-order valence-electron chi connectivity index (χ3n) is 8.64. The van der Waals surface area contributed by atoms with Crippen LogP contribution in [0.25, 0.3) is 11.8 Å². The molecule has 2 aromatic heterocycles. The van der Waals surface area contributed by atoms with Gasteiger partial charge in [0.05, 0.1) is 35.9 Å². The van der Waals surface area contributed by atoms with E-state index in [1.807, 2.05) is 10.9 Å². The van der Waals surface area contributed by atoms with E-state index in [2.05, 4.69) is 16.2 Å². The first-order valence-corrected chi connectivity index (χ1v) is 12.5. The van der Waals surface area contributed by atoms with E-state index in [1.54, 1.807) is 30.5 Å². The van der Waals surface area contributed by atoms with Crippen molar-refractivity contribution in [3.8, 4) is 5.69 Å². The summed E-state index contributed by atoms with van der Waals surface area (Å²) in [5, 5.41) is 4.64. The molecule has 1 aromatic carbocycles. The van der Waals surface area contributed by atoms with E-state index < -0.39 is 11.4 Å². The Hall–Kier alpha value is -3.61. The van der Waals surface area contributed by atoms with Crippen LogP contribution in [0.2, 0.25) is 0 Å². The van der Waals surface area contributed by atoms with Crippen LogP contribution < -0.4 is 0 Å². The number of hydrogen-bond donors (Lipinski definition) is 0. The van der Waals surface area contributed by atoms with Crippen molar-refractivity contribution in [1.82, 2.24) is 14.8 Å². The second-order valence-electron chi connectivity index (χ2n) is 10.3. The van der Waals surface area contributed by atoms with Crippen LogP contribution in [0.3, 0.4) is 0 Å². The lowest BCUT2D eigenvalue weighted by molar-refractivity contribution is -0.122. The van der Waals surface area contributed by atoms with E-state index in [0.717, 1.165) is 49.0 Å². The van der Waals surface area contributed by atoms with E-state index in [4.69, 9.17) is 4.74 Å². The summed E-state index contributed by atoms with van der Waals surface area (Å²) in [5.41, 5.74) is 4.65. The van der Waals surface area contributed by atoms with Gasteiger partial charge in [0, 0.05) is 17.0 Å². The van der Waals surface area contributed by atoms with Gasteiger partial charge in [-0.25, -0.2) is 13.9 Å². The number of hydrogen-bond acceptors (Lipinski definition) is 5. The number of pyridine rings is 1. The summed E-state index contributed by atoms with van der Waals surface area (Å²) < 4.78 is 20.3. The van der Waals surface area contributed by atoms with Crippen molar-refractivity contribution >= 4 is 18.3 Å². The smallest absolute Gasteiger partial charge is 0.339 e. The van der Waals surface area contributed by atoms with Crippen LogP contribution >= 0.6 is 0 Å². The Morgan fingerprint density at radius 2 is 2.06 bits per heavy atom. The topological polar surface area (TPSA) is 74.1 Å². The number of ether oxygens (including phenoxy) is 1. The van der Waals surface area contributed by atoms with E-state index in [1.165, 1.54) is 31.1 Å². The largest absolute Gasteiger partial charge is 0.465 e. The summed E-state index contributed by atoms with van der Waals surface area (Å²) in [5.74, 6) is -0.221. The van der Waals surface area contributed by atoms with Crippen molar-refractivity contribution < 1.29 is 18.7 Å². The Kier molecular flexibility index (Phi) is 5.39. The van der Waals surface area contributed by atoms with E-state index in [0.29, 0.717) is 30.0 Å². The first-order chi connectivity index (χ1) is 17.5. The molecule has 0 saturated heterocycles. The summed E-state index contributed by atoms with van der Waals surface area (Å²) in [6.45, 7) is 0. The molecule has 3 aliphatic carbocycles. The molecule has 184 valence electrons. The first kappa shape index (κ1) is 22.8. The molecule has 2 heterocycles. The van der Waals surface area contributed by atoms with Gasteiger partial charge in [-0.1, -0.05) is 5.57 Å². The third kappa shape index (κ3) is 3.36. The number of aromatic nitrogens is 3. The minimum atomic E-state index is -0.527. The van der Waals surface area contributed by atoms with Gasteiger partial charge < -0.3 is 9.53 Å².